The number of halogens is 1. The number of hydrogen-bond acceptors (Lipinski definition) is 3. The standard InChI is InChI=1S/C16H16ClN3O/c1-3-20-15-11(17)5-4-6-13(15)19-16(20)10-7-8-14(21-2)12(18)9-10/h4-9H,3,18H2,1-2H3. The number of aromatic nitrogens is 2. The minimum atomic E-state index is 0.593. The lowest BCUT2D eigenvalue weighted by Gasteiger charge is -2.09. The Bertz CT molecular complexity index is 811. The van der Waals surface area contributed by atoms with E-state index in [1.54, 1.807) is 7.11 Å². The highest BCUT2D eigenvalue weighted by atomic mass is 35.5. The van der Waals surface area contributed by atoms with Gasteiger partial charge >= 0.3 is 0 Å². The summed E-state index contributed by atoms with van der Waals surface area (Å²) in [4.78, 5) is 4.69. The lowest BCUT2D eigenvalue weighted by Crippen LogP contribution is -1.99. The van der Waals surface area contributed by atoms with Crippen molar-refractivity contribution in [3.05, 3.63) is 41.4 Å². The average Bonchev–Trinajstić information content (AvgIpc) is 2.87. The van der Waals surface area contributed by atoms with Crippen molar-refractivity contribution in [2.75, 3.05) is 12.8 Å². The van der Waals surface area contributed by atoms with Crippen LogP contribution >= 0.6 is 11.6 Å². The summed E-state index contributed by atoms with van der Waals surface area (Å²) in [5.74, 6) is 1.52. The zero-order valence-electron chi connectivity index (χ0n) is 11.9. The summed E-state index contributed by atoms with van der Waals surface area (Å²) in [7, 11) is 1.60. The second kappa shape index (κ2) is 5.30. The Morgan fingerprint density at radius 1 is 1.29 bits per heavy atom. The van der Waals surface area contributed by atoms with Crippen LogP contribution in [-0.2, 0) is 6.54 Å². The highest BCUT2D eigenvalue weighted by Crippen LogP contribution is 2.32. The van der Waals surface area contributed by atoms with Crippen LogP contribution in [0.5, 0.6) is 5.75 Å². The molecule has 0 saturated carbocycles. The molecule has 0 amide bonds. The van der Waals surface area contributed by atoms with Gasteiger partial charge in [0.15, 0.2) is 0 Å². The summed E-state index contributed by atoms with van der Waals surface area (Å²) in [5.41, 5.74) is 9.37. The minimum absolute atomic E-state index is 0.593. The van der Waals surface area contributed by atoms with Crippen LogP contribution in [0, 0.1) is 0 Å². The SMILES string of the molecule is CCn1c(-c2ccc(OC)c(N)c2)nc2cccc(Cl)c21. The van der Waals surface area contributed by atoms with Gasteiger partial charge in [-0.05, 0) is 37.3 Å². The van der Waals surface area contributed by atoms with Gasteiger partial charge in [0, 0.05) is 12.1 Å². The molecule has 108 valence electrons. The maximum atomic E-state index is 6.32. The van der Waals surface area contributed by atoms with Crippen molar-refractivity contribution in [3.8, 4) is 17.1 Å². The van der Waals surface area contributed by atoms with Crippen molar-refractivity contribution >= 4 is 28.3 Å². The van der Waals surface area contributed by atoms with Crippen LogP contribution in [0.25, 0.3) is 22.4 Å². The third kappa shape index (κ3) is 2.21. The number of nitrogen functional groups attached to an aromatic ring is 1. The third-order valence-corrected chi connectivity index (χ3v) is 3.83. The zero-order chi connectivity index (χ0) is 15.0. The molecule has 4 nitrogen and oxygen atoms in total. The summed E-state index contributed by atoms with van der Waals surface area (Å²) >= 11 is 6.32. The second-order valence-electron chi connectivity index (χ2n) is 4.74. The monoisotopic (exact) mass is 301 g/mol. The summed E-state index contributed by atoms with van der Waals surface area (Å²) < 4.78 is 7.29. The normalized spacial score (nSPS) is 11.0. The molecule has 0 aliphatic heterocycles. The fourth-order valence-electron chi connectivity index (χ4n) is 2.54. The van der Waals surface area contributed by atoms with Gasteiger partial charge in [-0.3, -0.25) is 0 Å². The van der Waals surface area contributed by atoms with Gasteiger partial charge in [-0.2, -0.15) is 0 Å². The summed E-state index contributed by atoms with van der Waals surface area (Å²) in [6.45, 7) is 2.85. The molecule has 0 fully saturated rings. The molecule has 0 atom stereocenters. The Morgan fingerprint density at radius 2 is 2.10 bits per heavy atom. The van der Waals surface area contributed by atoms with Crippen LogP contribution < -0.4 is 10.5 Å². The second-order valence-corrected chi connectivity index (χ2v) is 5.15. The Labute approximate surface area is 128 Å². The first-order valence-electron chi connectivity index (χ1n) is 6.74. The molecule has 2 aromatic carbocycles. The van der Waals surface area contributed by atoms with E-state index >= 15 is 0 Å². The van der Waals surface area contributed by atoms with Gasteiger partial charge in [-0.25, -0.2) is 4.98 Å². The molecule has 3 rings (SSSR count). The van der Waals surface area contributed by atoms with Crippen LogP contribution in [0.4, 0.5) is 5.69 Å². The molecule has 21 heavy (non-hydrogen) atoms. The first-order valence-corrected chi connectivity index (χ1v) is 7.12. The van der Waals surface area contributed by atoms with E-state index in [0.29, 0.717) is 16.5 Å². The fraction of sp³-hybridized carbons (Fsp3) is 0.188. The molecule has 3 aromatic rings. The van der Waals surface area contributed by atoms with Gasteiger partial charge in [0.2, 0.25) is 0 Å². The Balaban J connectivity index is 2.25. The number of hydrogen-bond donors (Lipinski definition) is 1. The summed E-state index contributed by atoms with van der Waals surface area (Å²) in [6.07, 6.45) is 0. The fourth-order valence-corrected chi connectivity index (χ4v) is 2.82. The number of anilines is 1. The maximum Gasteiger partial charge on any atom is 0.141 e. The van der Waals surface area contributed by atoms with Crippen molar-refractivity contribution in [1.29, 1.82) is 0 Å². The number of benzene rings is 2. The number of nitrogens with two attached hydrogens (primary N) is 1. The molecule has 1 aromatic heterocycles. The number of para-hydroxylation sites is 1. The maximum absolute atomic E-state index is 6.32. The average molecular weight is 302 g/mol. The van der Waals surface area contributed by atoms with Crippen molar-refractivity contribution < 1.29 is 4.74 Å². The Kier molecular flexibility index (Phi) is 3.47. The number of imidazole rings is 1. The van der Waals surface area contributed by atoms with E-state index < -0.39 is 0 Å². The van der Waals surface area contributed by atoms with Gasteiger partial charge in [-0.15, -0.1) is 0 Å². The van der Waals surface area contributed by atoms with E-state index in [1.807, 2.05) is 36.4 Å². The predicted octanol–water partition coefficient (Wildman–Crippen LogP) is 3.97. The van der Waals surface area contributed by atoms with Crippen molar-refractivity contribution in [2.45, 2.75) is 13.5 Å². The van der Waals surface area contributed by atoms with Gasteiger partial charge in [0.05, 0.1) is 28.9 Å². The molecule has 2 N–H and O–H groups in total. The van der Waals surface area contributed by atoms with Gasteiger partial charge in [0.25, 0.3) is 0 Å². The smallest absolute Gasteiger partial charge is 0.141 e. The quantitative estimate of drug-likeness (QED) is 0.745. The van der Waals surface area contributed by atoms with E-state index in [0.717, 1.165) is 29.0 Å². The van der Waals surface area contributed by atoms with E-state index in [4.69, 9.17) is 27.1 Å². The molecule has 0 bridgehead atoms. The van der Waals surface area contributed by atoms with E-state index in [1.165, 1.54) is 0 Å². The highest BCUT2D eigenvalue weighted by Gasteiger charge is 2.14. The minimum Gasteiger partial charge on any atom is -0.495 e. The van der Waals surface area contributed by atoms with Gasteiger partial charge in [-0.1, -0.05) is 17.7 Å². The van der Waals surface area contributed by atoms with Gasteiger partial charge in [0.1, 0.15) is 11.6 Å². The number of methoxy groups -OCH3 is 1. The number of ether oxygens (including phenoxy) is 1. The molecule has 0 aliphatic carbocycles. The molecule has 0 radical (unpaired) electrons. The summed E-state index contributed by atoms with van der Waals surface area (Å²) in [5, 5.41) is 0.703. The van der Waals surface area contributed by atoms with Crippen molar-refractivity contribution in [2.24, 2.45) is 0 Å². The number of fused-ring (bicyclic) bond motifs is 1. The van der Waals surface area contributed by atoms with E-state index in [-0.39, 0.29) is 0 Å². The molecule has 5 heteroatoms. The molecule has 0 unspecified atom stereocenters. The van der Waals surface area contributed by atoms with E-state index in [2.05, 4.69) is 11.5 Å². The molecule has 0 spiro atoms. The first kappa shape index (κ1) is 13.8. The van der Waals surface area contributed by atoms with Crippen LogP contribution in [0.15, 0.2) is 36.4 Å². The Hall–Kier alpha value is -2.20. The third-order valence-electron chi connectivity index (χ3n) is 3.52. The van der Waals surface area contributed by atoms with Crippen LogP contribution in [0.3, 0.4) is 0 Å². The van der Waals surface area contributed by atoms with Crippen molar-refractivity contribution in [1.82, 2.24) is 9.55 Å². The number of nitrogens with zero attached hydrogens (tertiary/aromatic N) is 2. The number of rotatable bonds is 3. The largest absolute Gasteiger partial charge is 0.495 e. The van der Waals surface area contributed by atoms with Crippen LogP contribution in [0.2, 0.25) is 5.02 Å². The lowest BCUT2D eigenvalue weighted by atomic mass is 10.1. The van der Waals surface area contributed by atoms with Crippen LogP contribution in [-0.4, -0.2) is 16.7 Å². The summed E-state index contributed by atoms with van der Waals surface area (Å²) in [6, 6.07) is 11.4. The predicted molar refractivity (Wildman–Crippen MR) is 86.8 cm³/mol. The molecule has 1 heterocycles. The highest BCUT2D eigenvalue weighted by molar-refractivity contribution is 6.35. The van der Waals surface area contributed by atoms with Crippen molar-refractivity contribution in [3.63, 3.8) is 0 Å². The molecular formula is C16H16ClN3O. The molecule has 0 saturated heterocycles. The van der Waals surface area contributed by atoms with Gasteiger partial charge < -0.3 is 15.0 Å². The molecule has 0 aliphatic rings. The first-order chi connectivity index (χ1) is 10.2. The zero-order valence-corrected chi connectivity index (χ0v) is 12.7. The topological polar surface area (TPSA) is 53.1 Å². The Morgan fingerprint density at radius 3 is 2.76 bits per heavy atom. The number of aryl methyl sites for hydroxylation is 1. The molecular weight excluding hydrogens is 286 g/mol. The van der Waals surface area contributed by atoms with E-state index in [9.17, 15) is 0 Å². The van der Waals surface area contributed by atoms with Crippen LogP contribution in [0.1, 0.15) is 6.92 Å². The lowest BCUT2D eigenvalue weighted by molar-refractivity contribution is 0.417.